The molecule has 0 saturated heterocycles. The Bertz CT molecular complexity index is 781. The number of halogens is 1. The maximum absolute atomic E-state index is 12.7. The molecule has 4 rings (SSSR count). The predicted molar refractivity (Wildman–Crippen MR) is 96.7 cm³/mol. The number of benzene rings is 1. The fraction of sp³-hybridized carbons (Fsp3) is 0.526. The number of rotatable bonds is 5. The molecule has 5 nitrogen and oxygen atoms in total. The second-order valence-electron chi connectivity index (χ2n) is 7.09. The molecule has 1 amide bonds. The number of aromatic nitrogens is 3. The van der Waals surface area contributed by atoms with E-state index in [1.54, 1.807) is 0 Å². The van der Waals surface area contributed by atoms with Crippen molar-refractivity contribution in [1.82, 2.24) is 20.1 Å². The van der Waals surface area contributed by atoms with Crippen LogP contribution in [0.3, 0.4) is 0 Å². The van der Waals surface area contributed by atoms with Gasteiger partial charge in [0.1, 0.15) is 11.6 Å². The van der Waals surface area contributed by atoms with Gasteiger partial charge >= 0.3 is 0 Å². The molecule has 25 heavy (non-hydrogen) atoms. The molecule has 2 aliphatic rings. The molecule has 132 valence electrons. The normalized spacial score (nSPS) is 18.3. The number of fused-ring (bicyclic) bond motifs is 1. The minimum absolute atomic E-state index is 0.102. The SMILES string of the molecule is O=C(NCCc1nnc2n1CCCCC2)C1(c2cccc(Cl)c2)CC1. The lowest BCUT2D eigenvalue weighted by Crippen LogP contribution is -2.36. The van der Waals surface area contributed by atoms with Crippen LogP contribution in [0.1, 0.15) is 49.3 Å². The molecule has 1 saturated carbocycles. The summed E-state index contributed by atoms with van der Waals surface area (Å²) in [6.45, 7) is 1.59. The average Bonchev–Trinajstić information content (AvgIpc) is 3.38. The van der Waals surface area contributed by atoms with Crippen LogP contribution in [-0.2, 0) is 29.6 Å². The van der Waals surface area contributed by atoms with Crippen molar-refractivity contribution >= 4 is 17.5 Å². The molecule has 2 aromatic rings. The third kappa shape index (κ3) is 3.30. The van der Waals surface area contributed by atoms with Crippen LogP contribution in [0.25, 0.3) is 0 Å². The molecule has 6 heteroatoms. The Morgan fingerprint density at radius 1 is 1.24 bits per heavy atom. The largest absolute Gasteiger partial charge is 0.355 e. The van der Waals surface area contributed by atoms with Gasteiger partial charge < -0.3 is 9.88 Å². The van der Waals surface area contributed by atoms with Gasteiger partial charge in [-0.15, -0.1) is 10.2 Å². The van der Waals surface area contributed by atoms with Crippen LogP contribution in [-0.4, -0.2) is 27.2 Å². The zero-order valence-electron chi connectivity index (χ0n) is 14.3. The van der Waals surface area contributed by atoms with E-state index in [-0.39, 0.29) is 11.3 Å². The number of hydrogen-bond acceptors (Lipinski definition) is 3. The minimum Gasteiger partial charge on any atom is -0.355 e. The lowest BCUT2D eigenvalue weighted by Gasteiger charge is -2.16. The van der Waals surface area contributed by atoms with Crippen molar-refractivity contribution in [3.8, 4) is 0 Å². The number of carbonyl (C=O) groups is 1. The van der Waals surface area contributed by atoms with Gasteiger partial charge in [-0.25, -0.2) is 0 Å². The summed E-state index contributed by atoms with van der Waals surface area (Å²) in [5.74, 6) is 2.19. The summed E-state index contributed by atoms with van der Waals surface area (Å²) in [5, 5.41) is 12.4. The van der Waals surface area contributed by atoms with Crippen molar-refractivity contribution in [2.75, 3.05) is 6.54 Å². The van der Waals surface area contributed by atoms with Gasteiger partial charge in [-0.1, -0.05) is 30.2 Å². The molecule has 1 aromatic carbocycles. The summed E-state index contributed by atoms with van der Waals surface area (Å²) in [5.41, 5.74) is 0.640. The van der Waals surface area contributed by atoms with Crippen molar-refractivity contribution in [1.29, 1.82) is 0 Å². The van der Waals surface area contributed by atoms with Gasteiger partial charge in [-0.2, -0.15) is 0 Å². The number of hydrogen-bond donors (Lipinski definition) is 1. The van der Waals surface area contributed by atoms with Gasteiger partial charge in [0.25, 0.3) is 0 Å². The van der Waals surface area contributed by atoms with Gasteiger partial charge in [0.2, 0.25) is 5.91 Å². The predicted octanol–water partition coefficient (Wildman–Crippen LogP) is 3.05. The van der Waals surface area contributed by atoms with Gasteiger partial charge in [0, 0.05) is 31.0 Å². The molecule has 0 unspecified atom stereocenters. The Morgan fingerprint density at radius 2 is 2.12 bits per heavy atom. The van der Waals surface area contributed by atoms with E-state index in [4.69, 9.17) is 11.6 Å². The van der Waals surface area contributed by atoms with E-state index in [1.165, 1.54) is 19.3 Å². The standard InChI is InChI=1S/C19H23ClN4O/c20-15-6-4-5-14(13-15)19(9-10-19)18(25)21-11-8-17-23-22-16-7-2-1-3-12-24(16)17/h4-6,13H,1-3,7-12H2,(H,21,25). The van der Waals surface area contributed by atoms with Gasteiger partial charge in [0.15, 0.2) is 0 Å². The Balaban J connectivity index is 1.38. The molecule has 0 radical (unpaired) electrons. The highest BCUT2D eigenvalue weighted by Crippen LogP contribution is 2.48. The van der Waals surface area contributed by atoms with Crippen LogP contribution in [0.5, 0.6) is 0 Å². The average molecular weight is 359 g/mol. The quantitative estimate of drug-likeness (QED) is 0.893. The molecule has 1 fully saturated rings. The summed E-state index contributed by atoms with van der Waals surface area (Å²) in [7, 11) is 0. The van der Waals surface area contributed by atoms with E-state index >= 15 is 0 Å². The first-order valence-electron chi connectivity index (χ1n) is 9.14. The maximum Gasteiger partial charge on any atom is 0.230 e. The van der Waals surface area contributed by atoms with E-state index in [0.29, 0.717) is 11.6 Å². The molecule has 0 atom stereocenters. The molecule has 0 spiro atoms. The lowest BCUT2D eigenvalue weighted by atomic mass is 9.95. The first kappa shape index (κ1) is 16.6. The van der Waals surface area contributed by atoms with Gasteiger partial charge in [-0.3, -0.25) is 4.79 Å². The Hall–Kier alpha value is -1.88. The second kappa shape index (κ2) is 6.79. The molecule has 1 N–H and O–H groups in total. The monoisotopic (exact) mass is 358 g/mol. The summed E-state index contributed by atoms with van der Waals surface area (Å²) in [6.07, 6.45) is 7.14. The highest BCUT2D eigenvalue weighted by atomic mass is 35.5. The summed E-state index contributed by atoms with van der Waals surface area (Å²) < 4.78 is 2.24. The molecule has 0 bridgehead atoms. The molecule has 2 heterocycles. The van der Waals surface area contributed by atoms with Crippen molar-refractivity contribution in [3.63, 3.8) is 0 Å². The summed E-state index contributed by atoms with van der Waals surface area (Å²) >= 11 is 6.09. The molecular formula is C19H23ClN4O. The fourth-order valence-corrected chi connectivity index (χ4v) is 3.94. The first-order valence-corrected chi connectivity index (χ1v) is 9.52. The first-order chi connectivity index (χ1) is 12.2. The number of amides is 1. The second-order valence-corrected chi connectivity index (χ2v) is 7.53. The third-order valence-electron chi connectivity index (χ3n) is 5.38. The minimum atomic E-state index is -0.382. The molecule has 1 aromatic heterocycles. The maximum atomic E-state index is 12.7. The highest BCUT2D eigenvalue weighted by molar-refractivity contribution is 6.30. The number of nitrogens with one attached hydrogen (secondary N) is 1. The molecular weight excluding hydrogens is 336 g/mol. The van der Waals surface area contributed by atoms with Crippen LogP contribution in [0.2, 0.25) is 5.02 Å². The third-order valence-corrected chi connectivity index (χ3v) is 5.62. The van der Waals surface area contributed by atoms with E-state index in [2.05, 4.69) is 20.1 Å². The highest BCUT2D eigenvalue weighted by Gasteiger charge is 2.51. The van der Waals surface area contributed by atoms with E-state index < -0.39 is 0 Å². The zero-order chi connectivity index (χ0) is 17.3. The Morgan fingerprint density at radius 3 is 2.92 bits per heavy atom. The molecule has 1 aliphatic heterocycles. The topological polar surface area (TPSA) is 59.8 Å². The van der Waals surface area contributed by atoms with Gasteiger partial charge in [-0.05, 0) is 43.4 Å². The fourth-order valence-electron chi connectivity index (χ4n) is 3.75. The van der Waals surface area contributed by atoms with Crippen molar-refractivity contribution in [2.45, 2.75) is 56.9 Å². The van der Waals surface area contributed by atoms with Crippen LogP contribution in [0.4, 0.5) is 0 Å². The van der Waals surface area contributed by atoms with Crippen molar-refractivity contribution < 1.29 is 4.79 Å². The Kier molecular flexibility index (Phi) is 4.50. The smallest absolute Gasteiger partial charge is 0.230 e. The van der Waals surface area contributed by atoms with Crippen molar-refractivity contribution in [2.24, 2.45) is 0 Å². The van der Waals surface area contributed by atoms with Gasteiger partial charge in [0.05, 0.1) is 5.41 Å². The summed E-state index contributed by atoms with van der Waals surface area (Å²) in [4.78, 5) is 12.7. The zero-order valence-corrected chi connectivity index (χ0v) is 15.1. The van der Waals surface area contributed by atoms with Crippen LogP contribution >= 0.6 is 11.6 Å². The molecule has 1 aliphatic carbocycles. The van der Waals surface area contributed by atoms with E-state index in [0.717, 1.165) is 49.4 Å². The lowest BCUT2D eigenvalue weighted by molar-refractivity contribution is -0.123. The van der Waals surface area contributed by atoms with E-state index in [1.807, 2.05) is 24.3 Å². The Labute approximate surface area is 152 Å². The number of nitrogens with zero attached hydrogens (tertiary/aromatic N) is 3. The van der Waals surface area contributed by atoms with Crippen LogP contribution < -0.4 is 5.32 Å². The number of aryl methyl sites for hydroxylation is 1. The van der Waals surface area contributed by atoms with E-state index in [9.17, 15) is 4.79 Å². The summed E-state index contributed by atoms with van der Waals surface area (Å²) in [6, 6.07) is 7.66. The number of carbonyl (C=O) groups excluding carboxylic acids is 1. The van der Waals surface area contributed by atoms with Crippen molar-refractivity contribution in [3.05, 3.63) is 46.5 Å². The van der Waals surface area contributed by atoms with Crippen LogP contribution in [0, 0.1) is 0 Å². The van der Waals surface area contributed by atoms with Crippen LogP contribution in [0.15, 0.2) is 24.3 Å².